The lowest BCUT2D eigenvalue weighted by molar-refractivity contribution is 0.608. The molecule has 0 saturated heterocycles. The molecule has 1 N–H and O–H groups in total. The molecule has 7 heteroatoms. The van der Waals surface area contributed by atoms with Crippen LogP contribution in [0.5, 0.6) is 0 Å². The van der Waals surface area contributed by atoms with Gasteiger partial charge in [0.25, 0.3) is 9.05 Å². The Morgan fingerprint density at radius 2 is 1.88 bits per heavy atom. The van der Waals surface area contributed by atoms with Gasteiger partial charge >= 0.3 is 0 Å². The number of hydrogen-bond acceptors (Lipinski definition) is 3. The Kier molecular flexibility index (Phi) is 2.81. The Morgan fingerprint density at radius 3 is 2.50 bits per heavy atom. The second-order valence-electron chi connectivity index (χ2n) is 3.08. The van der Waals surface area contributed by atoms with Crippen molar-refractivity contribution in [2.75, 3.05) is 0 Å². The van der Waals surface area contributed by atoms with Gasteiger partial charge in [-0.25, -0.2) is 8.42 Å². The minimum atomic E-state index is -4.07. The van der Waals surface area contributed by atoms with E-state index >= 15 is 0 Å². The molecule has 0 atom stereocenters. The summed E-state index contributed by atoms with van der Waals surface area (Å²) in [6, 6.07) is 6.59. The topological polar surface area (TPSA) is 67.0 Å². The van der Waals surface area contributed by atoms with Crippen molar-refractivity contribution in [2.45, 2.75) is 4.90 Å². The van der Waals surface area contributed by atoms with Crippen LogP contribution >= 0.6 is 26.6 Å². The summed E-state index contributed by atoms with van der Waals surface area (Å²) in [5.74, 6) is 0. The maximum absolute atomic E-state index is 11.9. The molecule has 2 rings (SSSR count). The van der Waals surface area contributed by atoms with E-state index in [0.29, 0.717) is 5.52 Å². The van der Waals surface area contributed by atoms with Gasteiger partial charge in [-0.1, -0.05) is 12.1 Å². The predicted octanol–water partition coefficient (Wildman–Crippen LogP) is 2.22. The van der Waals surface area contributed by atoms with Crippen molar-refractivity contribution >= 4 is 46.6 Å². The third kappa shape index (κ3) is 1.88. The number of H-pyrrole nitrogens is 1. The number of halogens is 2. The zero-order valence-corrected chi connectivity index (χ0v) is 10.9. The number of aromatic amines is 1. The van der Waals surface area contributed by atoms with E-state index in [1.54, 1.807) is 18.2 Å². The molecule has 0 fully saturated rings. The minimum Gasteiger partial charge on any atom is -0.348 e. The highest BCUT2D eigenvalue weighted by atomic mass is 79.9. The lowest BCUT2D eigenvalue weighted by Gasteiger charge is -2.03. The van der Waals surface area contributed by atoms with Crippen molar-refractivity contribution in [3.8, 4) is 0 Å². The standard InChI is InChI=1S/C9H5BrClNO3S/c10-9-8(16(11,14)15)7(13)5-3-1-2-4-6(5)12-9/h1-4H,(H,12,13). The molecule has 4 nitrogen and oxygen atoms in total. The highest BCUT2D eigenvalue weighted by Crippen LogP contribution is 2.22. The second-order valence-corrected chi connectivity index (χ2v) is 6.38. The van der Waals surface area contributed by atoms with Crippen LogP contribution in [0.1, 0.15) is 0 Å². The molecule has 0 spiro atoms. The SMILES string of the molecule is O=c1c(S(=O)(=O)Cl)c(Br)[nH]c2ccccc12. The van der Waals surface area contributed by atoms with Gasteiger partial charge < -0.3 is 4.98 Å². The number of rotatable bonds is 1. The van der Waals surface area contributed by atoms with Gasteiger partial charge in [0.2, 0.25) is 5.43 Å². The van der Waals surface area contributed by atoms with E-state index in [1.807, 2.05) is 0 Å². The largest absolute Gasteiger partial charge is 0.348 e. The predicted molar refractivity (Wildman–Crippen MR) is 65.3 cm³/mol. The van der Waals surface area contributed by atoms with Crippen LogP contribution in [-0.2, 0) is 9.05 Å². The van der Waals surface area contributed by atoms with Crippen LogP contribution < -0.4 is 5.43 Å². The van der Waals surface area contributed by atoms with Crippen LogP contribution in [0, 0.1) is 0 Å². The molecule has 1 heterocycles. The van der Waals surface area contributed by atoms with Crippen molar-refractivity contribution in [1.29, 1.82) is 0 Å². The Hall–Kier alpha value is -0.850. The Labute approximate surface area is 104 Å². The summed E-state index contributed by atoms with van der Waals surface area (Å²) in [5.41, 5.74) is -0.0698. The van der Waals surface area contributed by atoms with Gasteiger partial charge in [-0.15, -0.1) is 0 Å². The lowest BCUT2D eigenvalue weighted by Crippen LogP contribution is -2.13. The summed E-state index contributed by atoms with van der Waals surface area (Å²) < 4.78 is 22.5. The summed E-state index contributed by atoms with van der Waals surface area (Å²) >= 11 is 2.98. The average molecular weight is 323 g/mol. The van der Waals surface area contributed by atoms with Crippen molar-refractivity contribution < 1.29 is 8.42 Å². The van der Waals surface area contributed by atoms with E-state index in [4.69, 9.17) is 10.7 Å². The minimum absolute atomic E-state index is 0.0613. The normalized spacial score (nSPS) is 11.9. The number of pyridine rings is 1. The molecule has 0 aliphatic carbocycles. The number of aromatic nitrogens is 1. The monoisotopic (exact) mass is 321 g/mol. The van der Waals surface area contributed by atoms with E-state index in [0.717, 1.165) is 0 Å². The van der Waals surface area contributed by atoms with Crippen molar-refractivity contribution in [3.63, 3.8) is 0 Å². The molecular weight excluding hydrogens is 318 g/mol. The zero-order chi connectivity index (χ0) is 11.9. The first kappa shape index (κ1) is 11.6. The van der Waals surface area contributed by atoms with Gasteiger partial charge in [-0.3, -0.25) is 4.79 Å². The summed E-state index contributed by atoms with van der Waals surface area (Å²) in [4.78, 5) is 14.2. The third-order valence-corrected chi connectivity index (χ3v) is 4.26. The van der Waals surface area contributed by atoms with Crippen LogP contribution in [0.3, 0.4) is 0 Å². The van der Waals surface area contributed by atoms with Crippen molar-refractivity contribution in [2.24, 2.45) is 0 Å². The number of nitrogens with one attached hydrogen (secondary N) is 1. The lowest BCUT2D eigenvalue weighted by atomic mass is 10.2. The molecular formula is C9H5BrClNO3S. The van der Waals surface area contributed by atoms with Gasteiger partial charge in [-0.2, -0.15) is 0 Å². The van der Waals surface area contributed by atoms with E-state index in [2.05, 4.69) is 20.9 Å². The van der Waals surface area contributed by atoms with Crippen molar-refractivity contribution in [3.05, 3.63) is 39.1 Å². The molecule has 0 aliphatic rings. The van der Waals surface area contributed by atoms with E-state index in [1.165, 1.54) is 6.07 Å². The third-order valence-electron chi connectivity index (χ3n) is 2.07. The summed E-state index contributed by atoms with van der Waals surface area (Å²) in [7, 11) is 1.12. The van der Waals surface area contributed by atoms with Crippen LogP contribution in [-0.4, -0.2) is 13.4 Å². The number of para-hydroxylation sites is 1. The molecule has 1 aromatic carbocycles. The molecule has 0 bridgehead atoms. The molecule has 2 aromatic rings. The maximum atomic E-state index is 11.9. The molecule has 0 amide bonds. The fourth-order valence-corrected chi connectivity index (χ4v) is 3.76. The zero-order valence-electron chi connectivity index (χ0n) is 7.70. The van der Waals surface area contributed by atoms with E-state index in [9.17, 15) is 13.2 Å². The van der Waals surface area contributed by atoms with Crippen LogP contribution in [0.15, 0.2) is 38.6 Å². The van der Waals surface area contributed by atoms with Gasteiger partial charge in [0.05, 0.1) is 5.52 Å². The first-order chi connectivity index (χ1) is 7.41. The number of benzene rings is 1. The summed E-state index contributed by atoms with van der Waals surface area (Å²) in [6.07, 6.45) is 0. The highest BCUT2D eigenvalue weighted by molar-refractivity contribution is 9.10. The van der Waals surface area contributed by atoms with Crippen molar-refractivity contribution in [1.82, 2.24) is 4.98 Å². The molecule has 0 saturated carbocycles. The molecule has 16 heavy (non-hydrogen) atoms. The summed E-state index contributed by atoms with van der Waals surface area (Å²) in [5, 5.41) is 0.282. The average Bonchev–Trinajstić information content (AvgIpc) is 2.15. The van der Waals surface area contributed by atoms with Gasteiger partial charge in [-0.05, 0) is 28.1 Å². The second kappa shape index (κ2) is 3.87. The molecule has 0 radical (unpaired) electrons. The molecule has 0 unspecified atom stereocenters. The Bertz CT molecular complexity index is 723. The smallest absolute Gasteiger partial charge is 0.267 e. The van der Waals surface area contributed by atoms with Crippen LogP contribution in [0.4, 0.5) is 0 Å². The first-order valence-electron chi connectivity index (χ1n) is 4.16. The molecule has 0 aliphatic heterocycles. The highest BCUT2D eigenvalue weighted by Gasteiger charge is 2.21. The quantitative estimate of drug-likeness (QED) is 0.646. The fourth-order valence-electron chi connectivity index (χ4n) is 1.40. The molecule has 84 valence electrons. The summed E-state index contributed by atoms with van der Waals surface area (Å²) in [6.45, 7) is 0. The van der Waals surface area contributed by atoms with Gasteiger partial charge in [0.1, 0.15) is 4.60 Å². The van der Waals surface area contributed by atoms with E-state index < -0.39 is 19.4 Å². The molecule has 1 aromatic heterocycles. The van der Waals surface area contributed by atoms with E-state index in [-0.39, 0.29) is 9.99 Å². The van der Waals surface area contributed by atoms with Crippen LogP contribution in [0.25, 0.3) is 10.9 Å². The first-order valence-corrected chi connectivity index (χ1v) is 7.26. The van der Waals surface area contributed by atoms with Gasteiger partial charge in [0.15, 0.2) is 4.90 Å². The van der Waals surface area contributed by atoms with Crippen LogP contribution in [0.2, 0.25) is 0 Å². The number of fused-ring (bicyclic) bond motifs is 1. The van der Waals surface area contributed by atoms with Gasteiger partial charge in [0, 0.05) is 16.1 Å². The maximum Gasteiger partial charge on any atom is 0.267 e. The Balaban J connectivity index is 3.04. The fraction of sp³-hybridized carbons (Fsp3) is 0. The number of hydrogen-bond donors (Lipinski definition) is 1. The Morgan fingerprint density at radius 1 is 1.25 bits per heavy atom.